The van der Waals surface area contributed by atoms with Gasteiger partial charge in [-0.3, -0.25) is 4.72 Å². The molecule has 0 fully saturated rings. The lowest BCUT2D eigenvalue weighted by atomic mass is 10.2. The number of alkyl halides is 3. The topological polar surface area (TPSA) is 101 Å². The first-order valence-corrected chi connectivity index (χ1v) is 8.38. The van der Waals surface area contributed by atoms with Crippen LogP contribution in [0.1, 0.15) is 5.56 Å². The van der Waals surface area contributed by atoms with Crippen molar-refractivity contribution in [2.24, 2.45) is 0 Å². The van der Waals surface area contributed by atoms with Gasteiger partial charge in [0.25, 0.3) is 10.0 Å². The molecular formula is C14H9F4N5O2S. The summed E-state index contributed by atoms with van der Waals surface area (Å²) in [5, 5.41) is 13.1. The molecule has 3 rings (SSSR count). The van der Waals surface area contributed by atoms with Crippen LogP contribution in [-0.4, -0.2) is 29.0 Å². The first-order chi connectivity index (χ1) is 12.2. The standard InChI is InChI=1S/C14H9F4N5O2S/c15-12-6-5-10(7-11(12)14(16,17)18)26(24,25)21-9-3-1-8(2-4-9)13-19-22-23-20-13/h1-7,21H,(H,19,20,22,23). The van der Waals surface area contributed by atoms with Crippen LogP contribution < -0.4 is 4.72 Å². The van der Waals surface area contributed by atoms with E-state index in [-0.39, 0.29) is 17.6 Å². The van der Waals surface area contributed by atoms with E-state index in [0.29, 0.717) is 11.6 Å². The number of aromatic amines is 1. The molecule has 0 spiro atoms. The molecule has 12 heteroatoms. The van der Waals surface area contributed by atoms with Crippen molar-refractivity contribution in [1.82, 2.24) is 20.6 Å². The van der Waals surface area contributed by atoms with E-state index < -0.39 is 32.5 Å². The normalized spacial score (nSPS) is 12.2. The summed E-state index contributed by atoms with van der Waals surface area (Å²) >= 11 is 0. The lowest BCUT2D eigenvalue weighted by molar-refractivity contribution is -0.140. The minimum atomic E-state index is -5.01. The van der Waals surface area contributed by atoms with Crippen LogP contribution in [0.3, 0.4) is 0 Å². The highest BCUT2D eigenvalue weighted by Crippen LogP contribution is 2.33. The summed E-state index contributed by atoms with van der Waals surface area (Å²) in [7, 11) is -4.35. The van der Waals surface area contributed by atoms with Crippen molar-refractivity contribution in [2.75, 3.05) is 4.72 Å². The van der Waals surface area contributed by atoms with Crippen LogP contribution in [0.5, 0.6) is 0 Å². The minimum absolute atomic E-state index is 0.0927. The predicted molar refractivity (Wildman–Crippen MR) is 81.8 cm³/mol. The minimum Gasteiger partial charge on any atom is -0.280 e. The molecule has 0 bridgehead atoms. The zero-order valence-corrected chi connectivity index (χ0v) is 13.4. The van der Waals surface area contributed by atoms with Crippen LogP contribution in [0.4, 0.5) is 23.2 Å². The number of H-pyrrole nitrogens is 1. The molecule has 2 aromatic carbocycles. The number of anilines is 1. The second-order valence-electron chi connectivity index (χ2n) is 5.06. The Morgan fingerprint density at radius 3 is 2.31 bits per heavy atom. The average Bonchev–Trinajstić information content (AvgIpc) is 3.09. The Balaban J connectivity index is 1.87. The van der Waals surface area contributed by atoms with Crippen molar-refractivity contribution in [3.05, 3.63) is 53.8 Å². The van der Waals surface area contributed by atoms with Crippen LogP contribution in [0, 0.1) is 5.82 Å². The monoisotopic (exact) mass is 387 g/mol. The summed E-state index contributed by atoms with van der Waals surface area (Å²) in [6.07, 6.45) is -5.01. The van der Waals surface area contributed by atoms with E-state index in [4.69, 9.17) is 0 Å². The molecule has 0 unspecified atom stereocenters. The Morgan fingerprint density at radius 1 is 1.04 bits per heavy atom. The zero-order chi connectivity index (χ0) is 18.9. The lowest BCUT2D eigenvalue weighted by Gasteiger charge is -2.12. The fraction of sp³-hybridized carbons (Fsp3) is 0.0714. The molecule has 0 aliphatic carbocycles. The van der Waals surface area contributed by atoms with Gasteiger partial charge in [-0.05, 0) is 47.7 Å². The Bertz CT molecular complexity index is 1020. The van der Waals surface area contributed by atoms with E-state index >= 15 is 0 Å². The summed E-state index contributed by atoms with van der Waals surface area (Å²) in [6, 6.07) is 7.18. The van der Waals surface area contributed by atoms with Crippen molar-refractivity contribution in [2.45, 2.75) is 11.1 Å². The third-order valence-corrected chi connectivity index (χ3v) is 4.67. The molecule has 0 saturated carbocycles. The smallest absolute Gasteiger partial charge is 0.280 e. The van der Waals surface area contributed by atoms with E-state index in [0.717, 1.165) is 6.07 Å². The predicted octanol–water partition coefficient (Wildman–Crippen LogP) is 2.83. The first-order valence-electron chi connectivity index (χ1n) is 6.90. The van der Waals surface area contributed by atoms with Crippen LogP contribution in [0.2, 0.25) is 0 Å². The lowest BCUT2D eigenvalue weighted by Crippen LogP contribution is -2.15. The van der Waals surface area contributed by atoms with E-state index in [2.05, 4.69) is 25.3 Å². The second-order valence-corrected chi connectivity index (χ2v) is 6.74. The molecule has 1 aromatic heterocycles. The van der Waals surface area contributed by atoms with Crippen LogP contribution >= 0.6 is 0 Å². The van der Waals surface area contributed by atoms with E-state index in [9.17, 15) is 26.0 Å². The number of aromatic nitrogens is 4. The average molecular weight is 387 g/mol. The Hall–Kier alpha value is -3.02. The number of hydrogen-bond donors (Lipinski definition) is 2. The molecule has 0 amide bonds. The number of rotatable bonds is 4. The van der Waals surface area contributed by atoms with Crippen molar-refractivity contribution < 1.29 is 26.0 Å². The third-order valence-electron chi connectivity index (χ3n) is 3.29. The maximum Gasteiger partial charge on any atom is 0.419 e. The summed E-state index contributed by atoms with van der Waals surface area (Å²) in [4.78, 5) is -0.714. The van der Waals surface area contributed by atoms with Crippen LogP contribution in [-0.2, 0) is 16.2 Å². The van der Waals surface area contributed by atoms with E-state index in [1.165, 1.54) is 24.3 Å². The summed E-state index contributed by atoms with van der Waals surface area (Å²) in [5.41, 5.74) is -1.02. The second kappa shape index (κ2) is 6.37. The van der Waals surface area contributed by atoms with Gasteiger partial charge in [-0.1, -0.05) is 0 Å². The van der Waals surface area contributed by atoms with Crippen LogP contribution in [0.15, 0.2) is 47.4 Å². The van der Waals surface area contributed by atoms with E-state index in [1.807, 2.05) is 0 Å². The third kappa shape index (κ3) is 3.64. The van der Waals surface area contributed by atoms with Gasteiger partial charge in [0, 0.05) is 11.3 Å². The molecule has 0 aliphatic rings. The molecular weight excluding hydrogens is 378 g/mol. The Morgan fingerprint density at radius 2 is 1.73 bits per heavy atom. The molecule has 2 N–H and O–H groups in total. The Kier molecular flexibility index (Phi) is 4.36. The van der Waals surface area contributed by atoms with E-state index in [1.54, 1.807) is 0 Å². The number of nitrogens with zero attached hydrogens (tertiary/aromatic N) is 3. The number of halogens is 4. The number of sulfonamides is 1. The SMILES string of the molecule is O=S(=O)(Nc1ccc(-c2nn[nH]n2)cc1)c1ccc(F)c(C(F)(F)F)c1. The molecule has 7 nitrogen and oxygen atoms in total. The molecule has 3 aromatic rings. The quantitative estimate of drug-likeness (QED) is 0.671. The maximum absolute atomic E-state index is 13.3. The molecule has 0 saturated heterocycles. The van der Waals surface area contributed by atoms with Gasteiger partial charge in [-0.25, -0.2) is 12.8 Å². The first kappa shape index (κ1) is 17.8. The number of tetrazole rings is 1. The van der Waals surface area contributed by atoms with Crippen molar-refractivity contribution >= 4 is 15.7 Å². The largest absolute Gasteiger partial charge is 0.419 e. The fourth-order valence-corrected chi connectivity index (χ4v) is 3.16. The Labute approximate surface area is 144 Å². The zero-order valence-electron chi connectivity index (χ0n) is 12.6. The molecule has 26 heavy (non-hydrogen) atoms. The molecule has 136 valence electrons. The molecule has 1 heterocycles. The van der Waals surface area contributed by atoms with Gasteiger partial charge in [-0.2, -0.15) is 18.4 Å². The number of nitrogens with one attached hydrogen (secondary N) is 2. The fourth-order valence-electron chi connectivity index (χ4n) is 2.07. The summed E-state index contributed by atoms with van der Waals surface area (Å²) < 4.78 is 78.2. The van der Waals surface area contributed by atoms with Crippen LogP contribution in [0.25, 0.3) is 11.4 Å². The van der Waals surface area contributed by atoms with Crippen molar-refractivity contribution in [3.8, 4) is 11.4 Å². The van der Waals surface area contributed by atoms with Gasteiger partial charge in [0.2, 0.25) is 5.82 Å². The highest BCUT2D eigenvalue weighted by Gasteiger charge is 2.35. The van der Waals surface area contributed by atoms with Gasteiger partial charge in [0.05, 0.1) is 10.5 Å². The molecule has 0 radical (unpaired) electrons. The van der Waals surface area contributed by atoms with Gasteiger partial charge < -0.3 is 0 Å². The number of benzene rings is 2. The van der Waals surface area contributed by atoms with Crippen molar-refractivity contribution in [1.29, 1.82) is 0 Å². The van der Waals surface area contributed by atoms with Gasteiger partial charge in [0.15, 0.2) is 0 Å². The molecule has 0 aliphatic heterocycles. The highest BCUT2D eigenvalue weighted by atomic mass is 32.2. The van der Waals surface area contributed by atoms with Gasteiger partial charge >= 0.3 is 6.18 Å². The van der Waals surface area contributed by atoms with Gasteiger partial charge in [-0.15, -0.1) is 10.2 Å². The number of hydrogen-bond acceptors (Lipinski definition) is 5. The summed E-state index contributed by atoms with van der Waals surface area (Å²) in [5.74, 6) is -1.27. The highest BCUT2D eigenvalue weighted by molar-refractivity contribution is 7.92. The maximum atomic E-state index is 13.3. The van der Waals surface area contributed by atoms with Crippen molar-refractivity contribution in [3.63, 3.8) is 0 Å². The van der Waals surface area contributed by atoms with Gasteiger partial charge in [0.1, 0.15) is 5.82 Å². The molecule has 0 atom stereocenters. The summed E-state index contributed by atoms with van der Waals surface area (Å²) in [6.45, 7) is 0.